The van der Waals surface area contributed by atoms with Gasteiger partial charge in [0.15, 0.2) is 0 Å². The van der Waals surface area contributed by atoms with Crippen molar-refractivity contribution in [1.82, 2.24) is 0 Å². The molecule has 0 amide bonds. The highest BCUT2D eigenvalue weighted by molar-refractivity contribution is 9.12. The van der Waals surface area contributed by atoms with Gasteiger partial charge in [-0.3, -0.25) is 0 Å². The summed E-state index contributed by atoms with van der Waals surface area (Å²) in [7, 11) is 0. The van der Waals surface area contributed by atoms with Crippen LogP contribution in [0.3, 0.4) is 0 Å². The zero-order valence-corrected chi connectivity index (χ0v) is 9.57. The van der Waals surface area contributed by atoms with Crippen LogP contribution in [0.4, 0.5) is 0 Å². The van der Waals surface area contributed by atoms with Gasteiger partial charge in [-0.25, -0.2) is 0 Å². The molecule has 0 aliphatic heterocycles. The molecule has 0 aliphatic rings. The van der Waals surface area contributed by atoms with Gasteiger partial charge >= 0.3 is 0 Å². The Kier molecular flexibility index (Phi) is 5.16. The van der Waals surface area contributed by atoms with Crippen molar-refractivity contribution < 1.29 is 5.11 Å². The van der Waals surface area contributed by atoms with E-state index in [2.05, 4.69) is 38.8 Å². The van der Waals surface area contributed by atoms with Crippen LogP contribution in [0.15, 0.2) is 0 Å². The second-order valence-electron chi connectivity index (χ2n) is 2.81. The van der Waals surface area contributed by atoms with Gasteiger partial charge in [0.1, 0.15) is 0 Å². The molecule has 0 saturated carbocycles. The summed E-state index contributed by atoms with van der Waals surface area (Å²) in [6, 6.07) is 0. The van der Waals surface area contributed by atoms with E-state index in [9.17, 15) is 5.11 Å². The standard InChI is InChI=1S/C7H14Br2O/c1-3-6(10)4-7(2,9)5-8/h6,10H,3-5H2,1-2H3. The van der Waals surface area contributed by atoms with Crippen LogP contribution in [0.5, 0.6) is 0 Å². The summed E-state index contributed by atoms with van der Waals surface area (Å²) < 4.78 is 0.0441. The van der Waals surface area contributed by atoms with Crippen molar-refractivity contribution in [3.05, 3.63) is 0 Å². The highest BCUT2D eigenvalue weighted by atomic mass is 79.9. The van der Waals surface area contributed by atoms with Gasteiger partial charge in [0.05, 0.1) is 6.10 Å². The Morgan fingerprint density at radius 3 is 2.40 bits per heavy atom. The van der Waals surface area contributed by atoms with Crippen molar-refractivity contribution in [2.24, 2.45) is 0 Å². The Hall–Kier alpha value is 0.920. The van der Waals surface area contributed by atoms with Gasteiger partial charge < -0.3 is 5.11 Å². The van der Waals surface area contributed by atoms with E-state index in [0.29, 0.717) is 0 Å². The Balaban J connectivity index is 3.64. The number of aliphatic hydroxyl groups is 1. The first-order valence-electron chi connectivity index (χ1n) is 3.45. The lowest BCUT2D eigenvalue weighted by Crippen LogP contribution is -2.24. The monoisotopic (exact) mass is 272 g/mol. The maximum Gasteiger partial charge on any atom is 0.0551 e. The predicted octanol–water partition coefficient (Wildman–Crippen LogP) is 2.70. The van der Waals surface area contributed by atoms with Crippen molar-refractivity contribution >= 4 is 31.9 Å². The predicted molar refractivity (Wildman–Crippen MR) is 52.0 cm³/mol. The molecule has 0 aliphatic carbocycles. The van der Waals surface area contributed by atoms with Crippen molar-refractivity contribution in [1.29, 1.82) is 0 Å². The van der Waals surface area contributed by atoms with Gasteiger partial charge in [0.25, 0.3) is 0 Å². The van der Waals surface area contributed by atoms with Gasteiger partial charge in [-0.1, -0.05) is 38.8 Å². The zero-order valence-electron chi connectivity index (χ0n) is 6.40. The van der Waals surface area contributed by atoms with Gasteiger partial charge in [-0.15, -0.1) is 0 Å². The van der Waals surface area contributed by atoms with Crippen molar-refractivity contribution in [2.45, 2.75) is 37.1 Å². The van der Waals surface area contributed by atoms with E-state index in [1.165, 1.54) is 0 Å². The molecule has 10 heavy (non-hydrogen) atoms. The van der Waals surface area contributed by atoms with E-state index < -0.39 is 0 Å². The van der Waals surface area contributed by atoms with E-state index >= 15 is 0 Å². The molecule has 1 N–H and O–H groups in total. The molecule has 0 rings (SSSR count). The molecule has 0 aromatic carbocycles. The van der Waals surface area contributed by atoms with Gasteiger partial charge in [-0.05, 0) is 19.8 Å². The molecule has 0 aromatic heterocycles. The van der Waals surface area contributed by atoms with Gasteiger partial charge in [0, 0.05) is 9.65 Å². The van der Waals surface area contributed by atoms with E-state index in [0.717, 1.165) is 18.2 Å². The molecule has 0 saturated heterocycles. The number of hydrogen-bond donors (Lipinski definition) is 1. The van der Waals surface area contributed by atoms with Crippen molar-refractivity contribution in [3.8, 4) is 0 Å². The molecule has 0 heterocycles. The first kappa shape index (κ1) is 10.9. The molecule has 2 atom stereocenters. The van der Waals surface area contributed by atoms with Crippen molar-refractivity contribution in [3.63, 3.8) is 0 Å². The van der Waals surface area contributed by atoms with Crippen molar-refractivity contribution in [2.75, 3.05) is 5.33 Å². The fraction of sp³-hybridized carbons (Fsp3) is 1.00. The summed E-state index contributed by atoms with van der Waals surface area (Å²) in [5.41, 5.74) is 0. The summed E-state index contributed by atoms with van der Waals surface area (Å²) in [5.74, 6) is 0. The number of alkyl halides is 2. The molecule has 0 radical (unpaired) electrons. The van der Waals surface area contributed by atoms with Crippen LogP contribution in [0, 0.1) is 0 Å². The van der Waals surface area contributed by atoms with Gasteiger partial charge in [-0.2, -0.15) is 0 Å². The van der Waals surface area contributed by atoms with Crippen LogP contribution in [0.25, 0.3) is 0 Å². The van der Waals surface area contributed by atoms with E-state index in [4.69, 9.17) is 0 Å². The molecular formula is C7H14Br2O. The second kappa shape index (κ2) is 4.73. The summed E-state index contributed by atoms with van der Waals surface area (Å²) in [6.45, 7) is 4.06. The Morgan fingerprint density at radius 2 is 2.10 bits per heavy atom. The summed E-state index contributed by atoms with van der Waals surface area (Å²) in [5, 5.41) is 10.1. The lowest BCUT2D eigenvalue weighted by Gasteiger charge is -2.21. The summed E-state index contributed by atoms with van der Waals surface area (Å²) in [4.78, 5) is 0. The Bertz CT molecular complexity index is 93.6. The maximum absolute atomic E-state index is 9.27. The topological polar surface area (TPSA) is 20.2 Å². The molecule has 0 spiro atoms. The number of aliphatic hydroxyl groups excluding tert-OH is 1. The maximum atomic E-state index is 9.27. The Morgan fingerprint density at radius 1 is 1.60 bits per heavy atom. The first-order chi connectivity index (χ1) is 4.52. The number of halogens is 2. The van der Waals surface area contributed by atoms with E-state index in [-0.39, 0.29) is 10.4 Å². The molecular weight excluding hydrogens is 260 g/mol. The van der Waals surface area contributed by atoms with Crippen LogP contribution < -0.4 is 0 Å². The third-order valence-corrected chi connectivity index (χ3v) is 4.01. The SMILES string of the molecule is CCC(O)CC(C)(Br)CBr. The van der Waals surface area contributed by atoms with Crippen LogP contribution in [-0.2, 0) is 0 Å². The molecule has 0 bridgehead atoms. The molecule has 1 nitrogen and oxygen atoms in total. The molecule has 0 fully saturated rings. The fourth-order valence-electron chi connectivity index (χ4n) is 0.690. The first-order valence-corrected chi connectivity index (χ1v) is 5.36. The lowest BCUT2D eigenvalue weighted by atomic mass is 10.0. The highest BCUT2D eigenvalue weighted by Crippen LogP contribution is 2.26. The van der Waals surface area contributed by atoms with Gasteiger partial charge in [0.2, 0.25) is 0 Å². The van der Waals surface area contributed by atoms with Crippen LogP contribution >= 0.6 is 31.9 Å². The van der Waals surface area contributed by atoms with Crippen LogP contribution in [-0.4, -0.2) is 20.9 Å². The molecule has 3 heteroatoms. The Labute approximate surface area is 79.5 Å². The quantitative estimate of drug-likeness (QED) is 0.781. The molecule has 2 unspecified atom stereocenters. The third-order valence-electron chi connectivity index (χ3n) is 1.41. The van der Waals surface area contributed by atoms with E-state index in [1.807, 2.05) is 6.92 Å². The summed E-state index contributed by atoms with van der Waals surface area (Å²) >= 11 is 6.89. The van der Waals surface area contributed by atoms with E-state index in [1.54, 1.807) is 0 Å². The zero-order chi connectivity index (χ0) is 8.20. The smallest absolute Gasteiger partial charge is 0.0551 e. The second-order valence-corrected chi connectivity index (χ2v) is 5.29. The van der Waals surface area contributed by atoms with Crippen LogP contribution in [0.1, 0.15) is 26.7 Å². The molecule has 0 aromatic rings. The average Bonchev–Trinajstić information content (AvgIpc) is 1.87. The number of rotatable bonds is 4. The third kappa shape index (κ3) is 4.69. The molecule has 62 valence electrons. The highest BCUT2D eigenvalue weighted by Gasteiger charge is 2.21. The minimum atomic E-state index is -0.179. The summed E-state index contributed by atoms with van der Waals surface area (Å²) in [6.07, 6.45) is 1.45. The number of hydrogen-bond acceptors (Lipinski definition) is 1. The largest absolute Gasteiger partial charge is 0.393 e. The normalized spacial score (nSPS) is 20.1. The van der Waals surface area contributed by atoms with Crippen LogP contribution in [0.2, 0.25) is 0 Å². The minimum Gasteiger partial charge on any atom is -0.393 e. The average molecular weight is 274 g/mol. The lowest BCUT2D eigenvalue weighted by molar-refractivity contribution is 0.152. The fourth-order valence-corrected chi connectivity index (χ4v) is 1.29. The minimum absolute atomic E-state index is 0.0441.